The van der Waals surface area contributed by atoms with E-state index in [2.05, 4.69) is 10.6 Å². The molecule has 12 heteroatoms. The van der Waals surface area contributed by atoms with Crippen molar-refractivity contribution in [3.8, 4) is 0 Å². The SMILES string of the molecule is COC(=O)[C@@]1(O)C[C@H](NC(=O)CNC(=O)OC(C)(C)C)C(=O)N1[C@@H](C(=O)OCc1ccccc1)C(C)C. The Labute approximate surface area is 215 Å². The summed E-state index contributed by atoms with van der Waals surface area (Å²) in [7, 11) is 1.03. The lowest BCUT2D eigenvalue weighted by Crippen LogP contribution is -2.60. The van der Waals surface area contributed by atoms with E-state index in [0.717, 1.165) is 7.11 Å². The molecule has 3 amide bonds. The summed E-state index contributed by atoms with van der Waals surface area (Å²) in [5.41, 5.74) is -2.61. The van der Waals surface area contributed by atoms with Crippen molar-refractivity contribution in [2.75, 3.05) is 13.7 Å². The first-order chi connectivity index (χ1) is 17.2. The van der Waals surface area contributed by atoms with Crippen molar-refractivity contribution >= 4 is 29.8 Å². The number of alkyl carbamates (subject to hydrolysis) is 1. The van der Waals surface area contributed by atoms with Crippen LogP contribution in [-0.2, 0) is 40.0 Å². The maximum atomic E-state index is 13.4. The average Bonchev–Trinajstić information content (AvgIpc) is 3.06. The second-order valence-corrected chi connectivity index (χ2v) is 9.98. The molecule has 3 N–H and O–H groups in total. The van der Waals surface area contributed by atoms with E-state index in [1.165, 1.54) is 0 Å². The molecule has 0 aliphatic carbocycles. The highest BCUT2D eigenvalue weighted by Crippen LogP contribution is 2.34. The lowest BCUT2D eigenvalue weighted by Gasteiger charge is -2.37. The number of benzene rings is 1. The third kappa shape index (κ3) is 7.66. The Morgan fingerprint density at radius 2 is 1.78 bits per heavy atom. The van der Waals surface area contributed by atoms with Crippen LogP contribution in [0.1, 0.15) is 46.6 Å². The zero-order chi connectivity index (χ0) is 28.0. The molecule has 1 aromatic rings. The van der Waals surface area contributed by atoms with Gasteiger partial charge in [-0.1, -0.05) is 44.2 Å². The summed E-state index contributed by atoms with van der Waals surface area (Å²) in [5, 5.41) is 15.9. The molecular weight excluding hydrogens is 486 g/mol. The fraction of sp³-hybridized carbons (Fsp3) is 0.560. The lowest BCUT2D eigenvalue weighted by atomic mass is 10.00. The highest BCUT2D eigenvalue weighted by molar-refractivity contribution is 5.99. The molecule has 0 bridgehead atoms. The van der Waals surface area contributed by atoms with E-state index in [9.17, 15) is 29.1 Å². The number of hydrogen-bond donors (Lipinski definition) is 3. The number of methoxy groups -OCH3 is 1. The van der Waals surface area contributed by atoms with Gasteiger partial charge in [-0.3, -0.25) is 14.5 Å². The summed E-state index contributed by atoms with van der Waals surface area (Å²) in [4.78, 5) is 64.0. The fourth-order valence-corrected chi connectivity index (χ4v) is 3.85. The summed E-state index contributed by atoms with van der Waals surface area (Å²) in [6.07, 6.45) is -1.42. The molecule has 0 radical (unpaired) electrons. The van der Waals surface area contributed by atoms with Crippen LogP contribution >= 0.6 is 0 Å². The molecule has 1 aromatic carbocycles. The third-order valence-corrected chi connectivity index (χ3v) is 5.44. The van der Waals surface area contributed by atoms with Crippen LogP contribution in [-0.4, -0.2) is 76.9 Å². The van der Waals surface area contributed by atoms with Gasteiger partial charge in [0.15, 0.2) is 0 Å². The van der Waals surface area contributed by atoms with Gasteiger partial charge in [0.05, 0.1) is 7.11 Å². The van der Waals surface area contributed by atoms with Crippen LogP contribution in [0, 0.1) is 5.92 Å². The van der Waals surface area contributed by atoms with Crippen LogP contribution in [0.25, 0.3) is 0 Å². The number of rotatable bonds is 9. The van der Waals surface area contributed by atoms with Gasteiger partial charge in [-0.05, 0) is 32.3 Å². The predicted molar refractivity (Wildman–Crippen MR) is 129 cm³/mol. The van der Waals surface area contributed by atoms with Crippen LogP contribution in [0.2, 0.25) is 0 Å². The largest absolute Gasteiger partial charge is 0.465 e. The lowest BCUT2D eigenvalue weighted by molar-refractivity contribution is -0.194. The van der Waals surface area contributed by atoms with Gasteiger partial charge in [-0.25, -0.2) is 14.4 Å². The van der Waals surface area contributed by atoms with Crippen molar-refractivity contribution in [3.63, 3.8) is 0 Å². The molecule has 1 heterocycles. The smallest absolute Gasteiger partial charge is 0.408 e. The molecule has 0 spiro atoms. The summed E-state index contributed by atoms with van der Waals surface area (Å²) < 4.78 is 15.2. The topological polar surface area (TPSA) is 161 Å². The fourth-order valence-electron chi connectivity index (χ4n) is 3.85. The Morgan fingerprint density at radius 3 is 2.32 bits per heavy atom. The van der Waals surface area contributed by atoms with Gasteiger partial charge in [0.1, 0.15) is 30.8 Å². The molecule has 1 aliphatic rings. The summed E-state index contributed by atoms with van der Waals surface area (Å²) >= 11 is 0. The number of carbonyl (C=O) groups excluding carboxylic acids is 5. The van der Waals surface area contributed by atoms with E-state index >= 15 is 0 Å². The Balaban J connectivity index is 2.20. The van der Waals surface area contributed by atoms with E-state index in [-0.39, 0.29) is 6.61 Å². The normalized spacial score (nSPS) is 20.3. The monoisotopic (exact) mass is 521 g/mol. The van der Waals surface area contributed by atoms with Crippen molar-refractivity contribution < 1.29 is 43.3 Å². The number of nitrogens with one attached hydrogen (secondary N) is 2. The van der Waals surface area contributed by atoms with Crippen LogP contribution < -0.4 is 10.6 Å². The van der Waals surface area contributed by atoms with Gasteiger partial charge >= 0.3 is 18.0 Å². The molecule has 1 aliphatic heterocycles. The standard InChI is InChI=1S/C25H35N3O9/c1-15(2)19(21(31)36-14-16-10-8-7-9-11-16)28-20(30)17(12-25(28,34)22(32)35-6)27-18(29)13-26-23(33)37-24(3,4)5/h7-11,15,17,19,34H,12-14H2,1-6H3,(H,26,33)(H,27,29)/t17-,19+,25-/m0/s1. The Morgan fingerprint density at radius 1 is 1.16 bits per heavy atom. The van der Waals surface area contributed by atoms with Crippen molar-refractivity contribution in [2.45, 2.75) is 71.1 Å². The number of nitrogens with zero attached hydrogens (tertiary/aromatic N) is 1. The first-order valence-electron chi connectivity index (χ1n) is 11.8. The number of ether oxygens (including phenoxy) is 3. The maximum Gasteiger partial charge on any atom is 0.408 e. The number of esters is 2. The Hall–Kier alpha value is -3.67. The minimum atomic E-state index is -2.54. The van der Waals surface area contributed by atoms with Gasteiger partial charge in [0, 0.05) is 6.42 Å². The highest BCUT2D eigenvalue weighted by Gasteiger charge is 2.60. The van der Waals surface area contributed by atoms with Crippen molar-refractivity contribution in [3.05, 3.63) is 35.9 Å². The van der Waals surface area contributed by atoms with Crippen molar-refractivity contribution in [1.29, 1.82) is 0 Å². The highest BCUT2D eigenvalue weighted by atomic mass is 16.6. The molecule has 12 nitrogen and oxygen atoms in total. The molecule has 3 atom stereocenters. The molecule has 0 unspecified atom stereocenters. The molecule has 204 valence electrons. The molecule has 2 rings (SSSR count). The summed E-state index contributed by atoms with van der Waals surface area (Å²) in [5.74, 6) is -4.24. The van der Waals surface area contributed by atoms with Gasteiger partial charge in [-0.15, -0.1) is 0 Å². The first kappa shape index (κ1) is 29.6. The van der Waals surface area contributed by atoms with Crippen molar-refractivity contribution in [2.24, 2.45) is 5.92 Å². The van der Waals surface area contributed by atoms with E-state index in [1.54, 1.807) is 65.0 Å². The van der Waals surface area contributed by atoms with Crippen LogP contribution in [0.15, 0.2) is 30.3 Å². The van der Waals surface area contributed by atoms with E-state index < -0.39 is 72.1 Å². The molecule has 0 aromatic heterocycles. The zero-order valence-corrected chi connectivity index (χ0v) is 21.9. The van der Waals surface area contributed by atoms with E-state index in [1.807, 2.05) is 0 Å². The Bertz CT molecular complexity index is 1010. The average molecular weight is 522 g/mol. The first-order valence-corrected chi connectivity index (χ1v) is 11.8. The van der Waals surface area contributed by atoms with Gasteiger partial charge in [0.25, 0.3) is 0 Å². The van der Waals surface area contributed by atoms with Gasteiger partial charge in [-0.2, -0.15) is 0 Å². The van der Waals surface area contributed by atoms with Gasteiger partial charge in [0.2, 0.25) is 17.5 Å². The second kappa shape index (κ2) is 12.0. The molecule has 0 saturated carbocycles. The zero-order valence-electron chi connectivity index (χ0n) is 21.9. The minimum absolute atomic E-state index is 0.0852. The number of carbonyl (C=O) groups is 5. The van der Waals surface area contributed by atoms with E-state index in [0.29, 0.717) is 10.5 Å². The van der Waals surface area contributed by atoms with Crippen LogP contribution in [0.5, 0.6) is 0 Å². The Kier molecular flexibility index (Phi) is 9.62. The minimum Gasteiger partial charge on any atom is -0.465 e. The number of likely N-dealkylation sites (tertiary alicyclic amines) is 1. The van der Waals surface area contributed by atoms with E-state index in [4.69, 9.17) is 14.2 Å². The second-order valence-electron chi connectivity index (χ2n) is 9.98. The van der Waals surface area contributed by atoms with Gasteiger partial charge < -0.3 is 30.0 Å². The summed E-state index contributed by atoms with van der Waals surface area (Å²) in [6.45, 7) is 7.60. The number of amides is 3. The summed E-state index contributed by atoms with van der Waals surface area (Å²) in [6, 6.07) is 6.12. The maximum absolute atomic E-state index is 13.4. The molecule has 1 saturated heterocycles. The number of hydrogen-bond acceptors (Lipinski definition) is 9. The quantitative estimate of drug-likeness (QED) is 0.316. The third-order valence-electron chi connectivity index (χ3n) is 5.44. The van der Waals surface area contributed by atoms with Crippen LogP contribution in [0.3, 0.4) is 0 Å². The number of aliphatic hydroxyl groups is 1. The molecular formula is C25H35N3O9. The van der Waals surface area contributed by atoms with Crippen LogP contribution in [0.4, 0.5) is 4.79 Å². The molecule has 1 fully saturated rings. The molecule has 37 heavy (non-hydrogen) atoms. The van der Waals surface area contributed by atoms with Crippen molar-refractivity contribution in [1.82, 2.24) is 15.5 Å². The predicted octanol–water partition coefficient (Wildman–Crippen LogP) is 0.858.